The van der Waals surface area contributed by atoms with Gasteiger partial charge in [0, 0.05) is 11.3 Å². The van der Waals surface area contributed by atoms with Gasteiger partial charge >= 0.3 is 11.9 Å². The van der Waals surface area contributed by atoms with Crippen molar-refractivity contribution in [3.8, 4) is 17.6 Å². The maximum Gasteiger partial charge on any atom is 0.348 e. The summed E-state index contributed by atoms with van der Waals surface area (Å²) in [5.41, 5.74) is 0.624. The monoisotopic (exact) mass is 491 g/mol. The van der Waals surface area contributed by atoms with Crippen molar-refractivity contribution in [1.29, 1.82) is 5.26 Å². The van der Waals surface area contributed by atoms with E-state index < -0.39 is 17.7 Å². The van der Waals surface area contributed by atoms with Gasteiger partial charge in [0.15, 0.2) is 17.3 Å². The standard InChI is InChI=1S/C23H22ClNO7S/c1-5-31-22(28)19-12(3)21(23(29)32-6-2)33-18(19)10-16(26)14(11-25)7-13-8-15(24)20(27)17(9-13)30-4/h7-9,27H,5-6,10H2,1-4H3/b14-7+. The van der Waals surface area contributed by atoms with E-state index in [2.05, 4.69) is 0 Å². The Morgan fingerprint density at radius 2 is 1.82 bits per heavy atom. The summed E-state index contributed by atoms with van der Waals surface area (Å²) in [6.45, 7) is 5.15. The van der Waals surface area contributed by atoms with Gasteiger partial charge in [0.25, 0.3) is 0 Å². The molecule has 0 aliphatic rings. The highest BCUT2D eigenvalue weighted by atomic mass is 35.5. The zero-order valence-corrected chi connectivity index (χ0v) is 20.1. The van der Waals surface area contributed by atoms with Crippen molar-refractivity contribution in [2.45, 2.75) is 27.2 Å². The summed E-state index contributed by atoms with van der Waals surface area (Å²) in [4.78, 5) is 38.2. The third kappa shape index (κ3) is 5.92. The lowest BCUT2D eigenvalue weighted by Crippen LogP contribution is -2.12. The van der Waals surface area contributed by atoms with Crippen molar-refractivity contribution in [1.82, 2.24) is 0 Å². The van der Waals surface area contributed by atoms with E-state index in [9.17, 15) is 24.8 Å². The summed E-state index contributed by atoms with van der Waals surface area (Å²) in [6.07, 6.45) is 0.994. The van der Waals surface area contributed by atoms with Gasteiger partial charge in [-0.3, -0.25) is 4.79 Å². The van der Waals surface area contributed by atoms with E-state index in [-0.39, 0.29) is 52.2 Å². The Hall–Kier alpha value is -3.35. The average molecular weight is 492 g/mol. The number of carbonyl (C=O) groups is 3. The molecule has 0 aliphatic carbocycles. The molecule has 0 saturated carbocycles. The molecular formula is C23H22ClNO7S. The molecule has 0 amide bonds. The molecule has 33 heavy (non-hydrogen) atoms. The fourth-order valence-electron chi connectivity index (χ4n) is 2.98. The molecule has 0 radical (unpaired) electrons. The first-order chi connectivity index (χ1) is 15.7. The first kappa shape index (κ1) is 25.9. The Kier molecular flexibility index (Phi) is 9.02. The number of methoxy groups -OCH3 is 1. The molecule has 0 spiro atoms. The van der Waals surface area contributed by atoms with Gasteiger partial charge < -0.3 is 19.3 Å². The summed E-state index contributed by atoms with van der Waals surface area (Å²) < 4.78 is 15.2. The first-order valence-corrected chi connectivity index (χ1v) is 11.1. The Balaban J connectivity index is 2.47. The Morgan fingerprint density at radius 1 is 1.18 bits per heavy atom. The van der Waals surface area contributed by atoms with Crippen LogP contribution in [0.4, 0.5) is 0 Å². The van der Waals surface area contributed by atoms with Crippen LogP contribution in [0.2, 0.25) is 5.02 Å². The summed E-state index contributed by atoms with van der Waals surface area (Å²) >= 11 is 6.93. The number of allylic oxidation sites excluding steroid dienone is 1. The minimum absolute atomic E-state index is 0.0112. The lowest BCUT2D eigenvalue weighted by atomic mass is 10.0. The minimum Gasteiger partial charge on any atom is -0.503 e. The normalized spacial score (nSPS) is 11.0. The van der Waals surface area contributed by atoms with Gasteiger partial charge in [-0.15, -0.1) is 11.3 Å². The minimum atomic E-state index is -0.665. The van der Waals surface area contributed by atoms with Gasteiger partial charge in [-0.2, -0.15) is 5.26 Å². The van der Waals surface area contributed by atoms with E-state index in [1.807, 2.05) is 6.07 Å². The average Bonchev–Trinajstić information content (AvgIpc) is 3.10. The van der Waals surface area contributed by atoms with Crippen LogP contribution in [0.25, 0.3) is 6.08 Å². The number of ether oxygens (including phenoxy) is 3. The van der Waals surface area contributed by atoms with Crippen molar-refractivity contribution < 1.29 is 33.7 Å². The van der Waals surface area contributed by atoms with E-state index in [0.29, 0.717) is 16.0 Å². The van der Waals surface area contributed by atoms with E-state index in [1.165, 1.54) is 25.3 Å². The van der Waals surface area contributed by atoms with Crippen LogP contribution in [0.15, 0.2) is 17.7 Å². The van der Waals surface area contributed by atoms with E-state index >= 15 is 0 Å². The second-order valence-electron chi connectivity index (χ2n) is 6.62. The van der Waals surface area contributed by atoms with Gasteiger partial charge in [-0.05, 0) is 50.1 Å². The molecule has 0 unspecified atom stereocenters. The highest BCUT2D eigenvalue weighted by molar-refractivity contribution is 7.14. The lowest BCUT2D eigenvalue weighted by molar-refractivity contribution is -0.114. The number of hydrogen-bond acceptors (Lipinski definition) is 9. The highest BCUT2D eigenvalue weighted by Gasteiger charge is 2.28. The second kappa shape index (κ2) is 11.5. The molecular weight excluding hydrogens is 470 g/mol. The summed E-state index contributed by atoms with van der Waals surface area (Å²) in [7, 11) is 1.34. The molecule has 0 bridgehead atoms. The molecule has 0 atom stereocenters. The van der Waals surface area contributed by atoms with Crippen LogP contribution in [0.1, 0.15) is 49.9 Å². The molecule has 8 nitrogen and oxygen atoms in total. The number of Topliss-reactive ketones (excluding diaryl/α,β-unsaturated/α-hetero) is 1. The highest BCUT2D eigenvalue weighted by Crippen LogP contribution is 2.36. The first-order valence-electron chi connectivity index (χ1n) is 9.86. The van der Waals surface area contributed by atoms with Crippen molar-refractivity contribution in [3.63, 3.8) is 0 Å². The fourth-order valence-corrected chi connectivity index (χ4v) is 4.38. The van der Waals surface area contributed by atoms with Crippen LogP contribution in [-0.4, -0.2) is 43.2 Å². The number of rotatable bonds is 9. The van der Waals surface area contributed by atoms with Gasteiger partial charge in [-0.1, -0.05) is 11.6 Å². The van der Waals surface area contributed by atoms with Crippen molar-refractivity contribution in [3.05, 3.63) is 49.2 Å². The van der Waals surface area contributed by atoms with E-state index in [1.54, 1.807) is 20.8 Å². The Labute approximate surface area is 199 Å². The number of ketones is 1. The van der Waals surface area contributed by atoms with Crippen LogP contribution < -0.4 is 4.74 Å². The number of carbonyl (C=O) groups excluding carboxylic acids is 3. The number of phenolic OH excluding ortho intramolecular Hbond substituents is 1. The van der Waals surface area contributed by atoms with Crippen LogP contribution in [-0.2, 0) is 20.7 Å². The maximum absolute atomic E-state index is 12.9. The topological polar surface area (TPSA) is 123 Å². The SMILES string of the molecule is CCOC(=O)c1sc(CC(=O)/C(C#N)=C/c2cc(Cl)c(O)c(OC)c2)c(C(=O)OCC)c1C. The Bertz CT molecular complexity index is 1160. The summed E-state index contributed by atoms with van der Waals surface area (Å²) in [5, 5.41) is 19.4. The largest absolute Gasteiger partial charge is 0.503 e. The smallest absolute Gasteiger partial charge is 0.348 e. The van der Waals surface area contributed by atoms with Gasteiger partial charge in [0.1, 0.15) is 10.9 Å². The van der Waals surface area contributed by atoms with Crippen LogP contribution in [0, 0.1) is 18.3 Å². The van der Waals surface area contributed by atoms with E-state index in [4.69, 9.17) is 25.8 Å². The molecule has 174 valence electrons. The number of aromatic hydroxyl groups is 1. The van der Waals surface area contributed by atoms with Crippen LogP contribution in [0.3, 0.4) is 0 Å². The molecule has 1 N–H and O–H groups in total. The third-order valence-electron chi connectivity index (χ3n) is 4.48. The zero-order chi connectivity index (χ0) is 24.7. The zero-order valence-electron chi connectivity index (χ0n) is 18.5. The fraction of sp³-hybridized carbons (Fsp3) is 0.304. The van der Waals surface area contributed by atoms with Crippen LogP contribution in [0.5, 0.6) is 11.5 Å². The number of nitriles is 1. The van der Waals surface area contributed by atoms with Gasteiger partial charge in [0.05, 0.1) is 36.5 Å². The quantitative estimate of drug-likeness (QED) is 0.309. The van der Waals surface area contributed by atoms with Gasteiger partial charge in [0.2, 0.25) is 0 Å². The molecule has 1 aromatic heterocycles. The predicted octanol–water partition coefficient (Wildman–Crippen LogP) is 4.50. The van der Waals surface area contributed by atoms with Crippen molar-refractivity contribution >= 4 is 46.7 Å². The third-order valence-corrected chi connectivity index (χ3v) is 6.04. The lowest BCUT2D eigenvalue weighted by Gasteiger charge is -2.07. The summed E-state index contributed by atoms with van der Waals surface area (Å²) in [6, 6.07) is 4.64. The number of benzene rings is 1. The number of halogens is 1. The number of phenols is 1. The van der Waals surface area contributed by atoms with Crippen molar-refractivity contribution in [2.24, 2.45) is 0 Å². The molecule has 2 aromatic rings. The molecule has 0 fully saturated rings. The Morgan fingerprint density at radius 3 is 2.39 bits per heavy atom. The predicted molar refractivity (Wildman–Crippen MR) is 123 cm³/mol. The number of thiophene rings is 1. The molecule has 10 heteroatoms. The molecule has 1 heterocycles. The molecule has 0 saturated heterocycles. The van der Waals surface area contributed by atoms with Crippen molar-refractivity contribution in [2.75, 3.05) is 20.3 Å². The second-order valence-corrected chi connectivity index (χ2v) is 8.13. The summed E-state index contributed by atoms with van der Waals surface area (Å²) in [5.74, 6) is -2.03. The molecule has 2 rings (SSSR count). The van der Waals surface area contributed by atoms with Crippen LogP contribution >= 0.6 is 22.9 Å². The molecule has 0 aliphatic heterocycles. The number of esters is 2. The number of hydrogen-bond donors (Lipinski definition) is 1. The number of nitrogens with zero attached hydrogens (tertiary/aromatic N) is 1. The molecule has 1 aromatic carbocycles. The van der Waals surface area contributed by atoms with Gasteiger partial charge in [-0.25, -0.2) is 9.59 Å². The maximum atomic E-state index is 12.9. The van der Waals surface area contributed by atoms with E-state index in [0.717, 1.165) is 11.3 Å².